The molecule has 1 spiro atoms. The number of hydrogen-bond donors (Lipinski definition) is 0. The standard InChI is InChI=1S/C20H28O2S2/c1-5-18(3)12-15(22-17(18)21)19(4)13(2)6-7-14-8-9-20(16(14)19)23-10-11-24-20/h5,13,15H,1,6-12H2,2-4H3/t13-,15-,18-,19+/m1/s1. The third kappa shape index (κ3) is 2.14. The summed E-state index contributed by atoms with van der Waals surface area (Å²) >= 11 is 4.30. The van der Waals surface area contributed by atoms with Crippen molar-refractivity contribution in [1.82, 2.24) is 0 Å². The lowest BCUT2D eigenvalue weighted by atomic mass is 9.60. The van der Waals surface area contributed by atoms with Crippen LogP contribution in [0, 0.1) is 16.7 Å². The molecular formula is C20H28O2S2. The molecule has 0 amide bonds. The minimum absolute atomic E-state index is 0.00919. The Morgan fingerprint density at radius 3 is 2.58 bits per heavy atom. The summed E-state index contributed by atoms with van der Waals surface area (Å²) in [6.45, 7) is 10.7. The molecule has 132 valence electrons. The molecule has 0 aromatic rings. The van der Waals surface area contributed by atoms with Gasteiger partial charge in [-0.3, -0.25) is 4.79 Å². The first-order valence-electron chi connectivity index (χ1n) is 9.21. The molecule has 0 bridgehead atoms. The largest absolute Gasteiger partial charge is 0.461 e. The van der Waals surface area contributed by atoms with Gasteiger partial charge in [0.15, 0.2) is 0 Å². The molecule has 4 aliphatic rings. The SMILES string of the molecule is C=C[C@]1(C)C[C@H]([C@@]2(C)C3=C(CC[C@H]2C)CCC32SCCS2)OC1=O. The van der Waals surface area contributed by atoms with E-state index in [4.69, 9.17) is 4.74 Å². The van der Waals surface area contributed by atoms with Crippen LogP contribution in [0.15, 0.2) is 23.8 Å². The number of rotatable bonds is 2. The summed E-state index contributed by atoms with van der Waals surface area (Å²) in [5, 5.41) is 0. The summed E-state index contributed by atoms with van der Waals surface area (Å²) in [5.74, 6) is 2.97. The number of fused-ring (bicyclic) bond motifs is 1. The van der Waals surface area contributed by atoms with E-state index >= 15 is 0 Å². The van der Waals surface area contributed by atoms with Crippen molar-refractivity contribution in [3.8, 4) is 0 Å². The van der Waals surface area contributed by atoms with Crippen molar-refractivity contribution >= 4 is 29.5 Å². The highest BCUT2D eigenvalue weighted by atomic mass is 32.2. The maximum atomic E-state index is 12.5. The fraction of sp³-hybridized carbons (Fsp3) is 0.750. The highest BCUT2D eigenvalue weighted by molar-refractivity contribution is 8.21. The summed E-state index contributed by atoms with van der Waals surface area (Å²) in [4.78, 5) is 12.5. The number of hydrogen-bond acceptors (Lipinski definition) is 4. The minimum Gasteiger partial charge on any atom is -0.461 e. The van der Waals surface area contributed by atoms with Crippen LogP contribution in [0.3, 0.4) is 0 Å². The Labute approximate surface area is 154 Å². The Hall–Kier alpha value is -0.350. The average Bonchev–Trinajstić information content (AvgIpc) is 3.25. The van der Waals surface area contributed by atoms with E-state index < -0.39 is 5.41 Å². The van der Waals surface area contributed by atoms with E-state index in [-0.39, 0.29) is 21.6 Å². The van der Waals surface area contributed by atoms with Gasteiger partial charge in [0.05, 0.1) is 9.49 Å². The van der Waals surface area contributed by atoms with Gasteiger partial charge < -0.3 is 4.74 Å². The molecule has 2 aliphatic heterocycles. The third-order valence-electron chi connectivity index (χ3n) is 7.13. The van der Waals surface area contributed by atoms with Crippen molar-refractivity contribution in [2.45, 2.75) is 63.1 Å². The van der Waals surface area contributed by atoms with Crippen LogP contribution in [0.4, 0.5) is 0 Å². The van der Waals surface area contributed by atoms with E-state index in [0.29, 0.717) is 5.92 Å². The fourth-order valence-corrected chi connectivity index (χ4v) is 8.98. The van der Waals surface area contributed by atoms with Crippen LogP contribution >= 0.6 is 23.5 Å². The van der Waals surface area contributed by atoms with E-state index in [2.05, 4.69) is 44.0 Å². The number of carbonyl (C=O) groups excluding carboxylic acids is 1. The molecule has 24 heavy (non-hydrogen) atoms. The van der Waals surface area contributed by atoms with Gasteiger partial charge in [0.25, 0.3) is 0 Å². The second kappa shape index (κ2) is 5.57. The summed E-state index contributed by atoms with van der Waals surface area (Å²) in [7, 11) is 0. The van der Waals surface area contributed by atoms with Crippen molar-refractivity contribution in [2.75, 3.05) is 11.5 Å². The normalized spacial score (nSPS) is 44.0. The molecule has 0 N–H and O–H groups in total. The van der Waals surface area contributed by atoms with E-state index in [1.165, 1.54) is 37.2 Å². The lowest BCUT2D eigenvalue weighted by Gasteiger charge is -2.49. The van der Waals surface area contributed by atoms with Crippen molar-refractivity contribution in [3.05, 3.63) is 23.8 Å². The summed E-state index contributed by atoms with van der Waals surface area (Å²) < 4.78 is 6.29. The fourth-order valence-electron chi connectivity index (χ4n) is 5.31. The molecule has 4 heteroatoms. The summed E-state index contributed by atoms with van der Waals surface area (Å²) in [6.07, 6.45) is 7.55. The van der Waals surface area contributed by atoms with Gasteiger partial charge in [-0.1, -0.05) is 25.5 Å². The first-order chi connectivity index (χ1) is 11.4. The van der Waals surface area contributed by atoms with Gasteiger partial charge in [0, 0.05) is 23.3 Å². The predicted octanol–water partition coefficient (Wildman–Crippen LogP) is 5.20. The number of cyclic esters (lactones) is 1. The number of carbonyl (C=O) groups is 1. The molecule has 0 radical (unpaired) electrons. The zero-order valence-corrected chi connectivity index (χ0v) is 16.7. The second-order valence-electron chi connectivity index (χ2n) is 8.37. The van der Waals surface area contributed by atoms with Gasteiger partial charge in [0.2, 0.25) is 0 Å². The number of thioether (sulfide) groups is 2. The zero-order chi connectivity index (χ0) is 17.2. The Morgan fingerprint density at radius 2 is 1.96 bits per heavy atom. The quantitative estimate of drug-likeness (QED) is 0.497. The maximum absolute atomic E-state index is 12.5. The van der Waals surface area contributed by atoms with Crippen LogP contribution in [-0.2, 0) is 9.53 Å². The van der Waals surface area contributed by atoms with Gasteiger partial charge in [0.1, 0.15) is 6.10 Å². The first kappa shape index (κ1) is 17.1. The molecule has 0 saturated carbocycles. The Bertz CT molecular complexity index is 619. The van der Waals surface area contributed by atoms with E-state index in [1.54, 1.807) is 17.2 Å². The smallest absolute Gasteiger partial charge is 0.316 e. The Balaban J connectivity index is 1.78. The molecule has 0 aromatic heterocycles. The molecule has 2 saturated heterocycles. The van der Waals surface area contributed by atoms with Crippen molar-refractivity contribution < 1.29 is 9.53 Å². The van der Waals surface area contributed by atoms with Gasteiger partial charge in [-0.25, -0.2) is 0 Å². The summed E-state index contributed by atoms with van der Waals surface area (Å²) in [5.41, 5.74) is 2.80. The number of ether oxygens (including phenoxy) is 1. The highest BCUT2D eigenvalue weighted by Crippen LogP contribution is 2.67. The van der Waals surface area contributed by atoms with Gasteiger partial charge in [-0.15, -0.1) is 30.1 Å². The van der Waals surface area contributed by atoms with E-state index in [0.717, 1.165) is 6.42 Å². The van der Waals surface area contributed by atoms with E-state index in [9.17, 15) is 4.79 Å². The Kier molecular flexibility index (Phi) is 3.97. The van der Waals surface area contributed by atoms with Crippen LogP contribution < -0.4 is 0 Å². The third-order valence-corrected chi connectivity index (χ3v) is 10.7. The van der Waals surface area contributed by atoms with Crippen LogP contribution in [-0.4, -0.2) is 27.7 Å². The van der Waals surface area contributed by atoms with Gasteiger partial charge >= 0.3 is 5.97 Å². The lowest BCUT2D eigenvalue weighted by molar-refractivity contribution is -0.150. The van der Waals surface area contributed by atoms with Gasteiger partial charge in [-0.2, -0.15) is 0 Å². The molecular weight excluding hydrogens is 336 g/mol. The molecule has 4 rings (SSSR count). The maximum Gasteiger partial charge on any atom is 0.316 e. The average molecular weight is 365 g/mol. The topological polar surface area (TPSA) is 26.3 Å². The van der Waals surface area contributed by atoms with Crippen molar-refractivity contribution in [3.63, 3.8) is 0 Å². The zero-order valence-electron chi connectivity index (χ0n) is 15.0. The molecule has 2 aliphatic carbocycles. The number of allylic oxidation sites excluding steroid dienone is 1. The monoisotopic (exact) mass is 364 g/mol. The lowest BCUT2D eigenvalue weighted by Crippen LogP contribution is -2.46. The second-order valence-corrected chi connectivity index (χ2v) is 11.4. The minimum atomic E-state index is -0.521. The number of esters is 1. The van der Waals surface area contributed by atoms with Crippen LogP contribution in [0.25, 0.3) is 0 Å². The molecule has 2 heterocycles. The van der Waals surface area contributed by atoms with Crippen molar-refractivity contribution in [2.24, 2.45) is 16.7 Å². The highest BCUT2D eigenvalue weighted by Gasteiger charge is 2.61. The molecule has 0 unspecified atom stereocenters. The molecule has 4 atom stereocenters. The molecule has 0 aromatic carbocycles. The first-order valence-corrected chi connectivity index (χ1v) is 11.2. The van der Waals surface area contributed by atoms with Crippen molar-refractivity contribution in [1.29, 1.82) is 0 Å². The van der Waals surface area contributed by atoms with Gasteiger partial charge in [-0.05, 0) is 44.1 Å². The predicted molar refractivity (Wildman–Crippen MR) is 103 cm³/mol. The van der Waals surface area contributed by atoms with E-state index in [1.807, 2.05) is 6.92 Å². The van der Waals surface area contributed by atoms with Crippen LogP contribution in [0.2, 0.25) is 0 Å². The summed E-state index contributed by atoms with van der Waals surface area (Å²) in [6, 6.07) is 0. The van der Waals surface area contributed by atoms with Crippen LogP contribution in [0.5, 0.6) is 0 Å². The molecule has 2 nitrogen and oxygen atoms in total. The molecule has 2 fully saturated rings. The Morgan fingerprint density at radius 1 is 1.25 bits per heavy atom. The van der Waals surface area contributed by atoms with Crippen LogP contribution in [0.1, 0.15) is 52.9 Å².